The zero-order chi connectivity index (χ0) is 24.0. The quantitative estimate of drug-likeness (QED) is 0.444. The van der Waals surface area contributed by atoms with E-state index in [9.17, 15) is 22.7 Å². The Hall–Kier alpha value is -2.80. The molecule has 2 aromatic rings. The van der Waals surface area contributed by atoms with E-state index in [4.69, 9.17) is 5.41 Å². The maximum Gasteiger partial charge on any atom is 0.274 e. The highest BCUT2D eigenvalue weighted by Gasteiger charge is 2.61. The third-order valence-electron chi connectivity index (χ3n) is 6.03. The van der Waals surface area contributed by atoms with Crippen LogP contribution in [0.15, 0.2) is 36.5 Å². The zero-order valence-corrected chi connectivity index (χ0v) is 18.9. The molecule has 5 N–H and O–H groups in total. The predicted molar refractivity (Wildman–Crippen MR) is 121 cm³/mol. The summed E-state index contributed by atoms with van der Waals surface area (Å²) in [6, 6.07) is 6.69. The van der Waals surface area contributed by atoms with Crippen molar-refractivity contribution in [3.8, 4) is 5.75 Å². The number of nitrogens with zero attached hydrogens (tertiary/aromatic N) is 2. The second-order valence-corrected chi connectivity index (χ2v) is 11.0. The highest BCUT2D eigenvalue weighted by atomic mass is 32.3. The molecule has 0 aliphatic carbocycles. The molecule has 1 aromatic heterocycles. The smallest absolute Gasteiger partial charge is 0.274 e. The molecular formula is C21H25F2N5O4S. The van der Waals surface area contributed by atoms with Gasteiger partial charge in [0.15, 0.2) is 0 Å². The van der Waals surface area contributed by atoms with E-state index in [2.05, 4.69) is 20.4 Å². The topological polar surface area (TPSA) is 131 Å². The molecular weight excluding hydrogens is 456 g/mol. The SMILES string of the molecule is CN1CC2(C1)C(=N)N[C@](C)(c1cc(NC(=O)c3ccc(OCF)cn3)ccc1F)CS2(O)O. The van der Waals surface area contributed by atoms with Crippen molar-refractivity contribution < 1.29 is 27.4 Å². The van der Waals surface area contributed by atoms with Crippen LogP contribution in [0, 0.1) is 11.2 Å². The number of amides is 1. The van der Waals surface area contributed by atoms with Crippen LogP contribution in [0.3, 0.4) is 0 Å². The Labute approximate surface area is 191 Å². The summed E-state index contributed by atoms with van der Waals surface area (Å²) >= 11 is 0. The lowest BCUT2D eigenvalue weighted by atomic mass is 9.89. The molecule has 1 atom stereocenters. The number of rotatable bonds is 5. The minimum atomic E-state index is -3.26. The molecule has 1 amide bonds. The number of halogens is 2. The first-order valence-corrected chi connectivity index (χ1v) is 11.8. The van der Waals surface area contributed by atoms with Gasteiger partial charge in [-0.05, 0) is 44.3 Å². The van der Waals surface area contributed by atoms with E-state index in [0.29, 0.717) is 13.1 Å². The van der Waals surface area contributed by atoms with Crippen LogP contribution < -0.4 is 15.4 Å². The summed E-state index contributed by atoms with van der Waals surface area (Å²) < 4.78 is 52.6. The van der Waals surface area contributed by atoms with Gasteiger partial charge in [0, 0.05) is 24.3 Å². The van der Waals surface area contributed by atoms with Crippen LogP contribution in [0.2, 0.25) is 0 Å². The highest BCUT2D eigenvalue weighted by molar-refractivity contribution is 8.26. The zero-order valence-electron chi connectivity index (χ0n) is 18.1. The number of hydrogen-bond acceptors (Lipinski definition) is 7. The number of aromatic nitrogens is 1. The van der Waals surface area contributed by atoms with Gasteiger partial charge in [0.25, 0.3) is 5.91 Å². The lowest BCUT2D eigenvalue weighted by Crippen LogP contribution is -2.75. The molecule has 4 rings (SSSR count). The Balaban J connectivity index is 1.57. The van der Waals surface area contributed by atoms with E-state index < -0.39 is 39.5 Å². The van der Waals surface area contributed by atoms with Gasteiger partial charge in [0.1, 0.15) is 27.8 Å². The highest BCUT2D eigenvalue weighted by Crippen LogP contribution is 2.61. The van der Waals surface area contributed by atoms with E-state index in [1.807, 2.05) is 11.9 Å². The van der Waals surface area contributed by atoms with Crippen LogP contribution in [0.25, 0.3) is 0 Å². The van der Waals surface area contributed by atoms with Gasteiger partial charge >= 0.3 is 0 Å². The predicted octanol–water partition coefficient (Wildman–Crippen LogP) is 3.01. The number of likely N-dealkylation sites (tertiary alicyclic amines) is 1. The van der Waals surface area contributed by atoms with Crippen molar-refractivity contribution in [3.05, 3.63) is 53.6 Å². The molecule has 0 radical (unpaired) electrons. The van der Waals surface area contributed by atoms with Crippen LogP contribution in [0.5, 0.6) is 5.75 Å². The first-order chi connectivity index (χ1) is 15.5. The number of anilines is 1. The number of alkyl halides is 1. The van der Waals surface area contributed by atoms with Gasteiger partial charge < -0.3 is 20.3 Å². The van der Waals surface area contributed by atoms with Gasteiger partial charge in [-0.25, -0.2) is 13.8 Å². The van der Waals surface area contributed by atoms with Crippen molar-refractivity contribution in [1.82, 2.24) is 15.2 Å². The number of hydrogen-bond donors (Lipinski definition) is 5. The largest absolute Gasteiger partial charge is 0.461 e. The van der Waals surface area contributed by atoms with Gasteiger partial charge in [-0.1, -0.05) is 0 Å². The van der Waals surface area contributed by atoms with Crippen LogP contribution in [-0.2, 0) is 5.54 Å². The lowest BCUT2D eigenvalue weighted by Gasteiger charge is -2.64. The minimum absolute atomic E-state index is 0.0389. The fraction of sp³-hybridized carbons (Fsp3) is 0.381. The van der Waals surface area contributed by atoms with Crippen LogP contribution in [0.4, 0.5) is 14.5 Å². The fourth-order valence-electron chi connectivity index (χ4n) is 4.35. The number of pyridine rings is 1. The van der Waals surface area contributed by atoms with Crippen molar-refractivity contribution in [1.29, 1.82) is 5.41 Å². The molecule has 2 aliphatic heterocycles. The number of carbonyl (C=O) groups excluding carboxylic acids is 1. The second-order valence-electron chi connectivity index (χ2n) is 8.59. The number of benzene rings is 1. The lowest BCUT2D eigenvalue weighted by molar-refractivity contribution is 0.102. The van der Waals surface area contributed by atoms with Gasteiger partial charge in [0.2, 0.25) is 6.86 Å². The van der Waals surface area contributed by atoms with Crippen LogP contribution >= 0.6 is 10.6 Å². The van der Waals surface area contributed by atoms with Crippen molar-refractivity contribution in [2.45, 2.75) is 17.2 Å². The molecule has 2 aliphatic rings. The Morgan fingerprint density at radius 3 is 2.67 bits per heavy atom. The van der Waals surface area contributed by atoms with Crippen LogP contribution in [-0.4, -0.2) is 68.2 Å². The first kappa shape index (κ1) is 23.4. The number of ether oxygens (including phenoxy) is 1. The summed E-state index contributed by atoms with van der Waals surface area (Å²) in [5.41, 5.74) is -0.880. The Morgan fingerprint density at radius 1 is 1.36 bits per heavy atom. The molecule has 0 bridgehead atoms. The van der Waals surface area contributed by atoms with E-state index in [-0.39, 0.29) is 34.3 Å². The average Bonchev–Trinajstić information content (AvgIpc) is 2.71. The molecule has 9 nitrogen and oxygen atoms in total. The van der Waals surface area contributed by atoms with Gasteiger partial charge in [-0.2, -0.15) is 10.6 Å². The molecule has 2 saturated heterocycles. The van der Waals surface area contributed by atoms with Crippen LogP contribution in [0.1, 0.15) is 23.0 Å². The summed E-state index contributed by atoms with van der Waals surface area (Å²) in [5.74, 6) is -1.23. The van der Waals surface area contributed by atoms with Crippen molar-refractivity contribution in [2.75, 3.05) is 38.1 Å². The Bertz CT molecular complexity index is 1090. The average molecular weight is 482 g/mol. The maximum absolute atomic E-state index is 14.9. The Morgan fingerprint density at radius 2 is 2.09 bits per heavy atom. The summed E-state index contributed by atoms with van der Waals surface area (Å²) in [6.45, 7) is 1.24. The maximum atomic E-state index is 14.9. The fourth-order valence-corrected chi connectivity index (χ4v) is 6.89. The molecule has 12 heteroatoms. The van der Waals surface area contributed by atoms with Gasteiger partial charge in [-0.3, -0.25) is 19.3 Å². The molecule has 178 valence electrons. The van der Waals surface area contributed by atoms with Crippen molar-refractivity contribution in [3.63, 3.8) is 0 Å². The van der Waals surface area contributed by atoms with Crippen molar-refractivity contribution in [2.24, 2.45) is 0 Å². The number of carbonyl (C=O) groups is 1. The molecule has 1 spiro atoms. The summed E-state index contributed by atoms with van der Waals surface area (Å²) in [6.07, 6.45) is 1.21. The first-order valence-electron chi connectivity index (χ1n) is 10.1. The van der Waals surface area contributed by atoms with E-state index in [1.54, 1.807) is 6.92 Å². The third-order valence-corrected chi connectivity index (χ3v) is 8.73. The molecule has 0 unspecified atom stereocenters. The van der Waals surface area contributed by atoms with E-state index in [1.165, 1.54) is 36.5 Å². The number of amidine groups is 1. The summed E-state index contributed by atoms with van der Waals surface area (Å²) in [4.78, 5) is 18.3. The monoisotopic (exact) mass is 481 g/mol. The van der Waals surface area contributed by atoms with E-state index in [0.717, 1.165) is 0 Å². The summed E-state index contributed by atoms with van der Waals surface area (Å²) in [5, 5.41) is 14.1. The minimum Gasteiger partial charge on any atom is -0.461 e. The second kappa shape index (κ2) is 8.20. The number of nitrogens with one attached hydrogen (secondary N) is 3. The van der Waals surface area contributed by atoms with Gasteiger partial charge in [0.05, 0.1) is 17.5 Å². The summed E-state index contributed by atoms with van der Waals surface area (Å²) in [7, 11) is -1.44. The standard InChI is InChI=1S/C21H25F2N5O4S/c1-20(11-33(30,31)21(19(24)27-20)9-28(2)10-21)15-7-13(3-5-16(15)23)26-18(29)17-6-4-14(8-25-17)32-12-22/h3-8,30-31H,9-12H2,1-2H3,(H2,24,27)(H,26,29)/t20-/m0/s1. The molecule has 1 aromatic carbocycles. The van der Waals surface area contributed by atoms with Gasteiger partial charge in [-0.15, -0.1) is 0 Å². The van der Waals surface area contributed by atoms with E-state index >= 15 is 0 Å². The molecule has 33 heavy (non-hydrogen) atoms. The molecule has 2 fully saturated rings. The third kappa shape index (κ3) is 4.03. The Kier molecular flexibility index (Phi) is 5.81. The normalized spacial score (nSPS) is 24.5. The van der Waals surface area contributed by atoms with Crippen molar-refractivity contribution >= 4 is 28.0 Å². The molecule has 3 heterocycles. The molecule has 0 saturated carbocycles.